The summed E-state index contributed by atoms with van der Waals surface area (Å²) >= 11 is 5.54. The molecule has 11 heavy (non-hydrogen) atoms. The summed E-state index contributed by atoms with van der Waals surface area (Å²) in [6.07, 6.45) is 0. The van der Waals surface area contributed by atoms with E-state index in [9.17, 15) is 0 Å². The van der Waals surface area contributed by atoms with Crippen LogP contribution in [0.25, 0.3) is 0 Å². The van der Waals surface area contributed by atoms with E-state index in [0.29, 0.717) is 0 Å². The molecule has 0 aliphatic heterocycles. The maximum absolute atomic E-state index is 5.54. The molecule has 0 nitrogen and oxygen atoms in total. The molecule has 0 saturated carbocycles. The minimum absolute atomic E-state index is 0.794. The van der Waals surface area contributed by atoms with E-state index < -0.39 is 0 Å². The summed E-state index contributed by atoms with van der Waals surface area (Å²) in [5, 5.41) is 0.794. The van der Waals surface area contributed by atoms with Gasteiger partial charge in [-0.3, -0.25) is 0 Å². The molecule has 0 saturated heterocycles. The van der Waals surface area contributed by atoms with Crippen molar-refractivity contribution < 1.29 is 0 Å². The lowest BCUT2D eigenvalue weighted by molar-refractivity contribution is 1.42. The summed E-state index contributed by atoms with van der Waals surface area (Å²) in [5.74, 6) is 0. The summed E-state index contributed by atoms with van der Waals surface area (Å²) in [6, 6.07) is 9.44. The van der Waals surface area contributed by atoms with Crippen molar-refractivity contribution in [2.45, 2.75) is 13.8 Å². The average molecular weight is 169 g/mol. The SMILES string of the molecule is C=C(C)C.Clc1ccccc1. The molecule has 0 aromatic heterocycles. The molecule has 1 rings (SSSR count). The van der Waals surface area contributed by atoms with Gasteiger partial charge in [0, 0.05) is 5.02 Å². The Morgan fingerprint density at radius 3 is 1.73 bits per heavy atom. The van der Waals surface area contributed by atoms with Crippen LogP contribution in [0.3, 0.4) is 0 Å². The van der Waals surface area contributed by atoms with E-state index in [0.717, 1.165) is 5.02 Å². The van der Waals surface area contributed by atoms with E-state index in [1.54, 1.807) is 0 Å². The van der Waals surface area contributed by atoms with E-state index in [-0.39, 0.29) is 0 Å². The third-order valence-electron chi connectivity index (χ3n) is 0.733. The van der Waals surface area contributed by atoms with Gasteiger partial charge in [-0.1, -0.05) is 35.4 Å². The molecule has 0 heterocycles. The zero-order valence-electron chi connectivity index (χ0n) is 6.97. The van der Waals surface area contributed by atoms with E-state index in [1.807, 2.05) is 44.2 Å². The molecular formula is C10H13Cl. The maximum Gasteiger partial charge on any atom is 0.0405 e. The molecule has 0 atom stereocenters. The highest BCUT2D eigenvalue weighted by Gasteiger charge is 1.74. The second-order valence-corrected chi connectivity index (χ2v) is 2.94. The second-order valence-electron chi connectivity index (χ2n) is 2.50. The lowest BCUT2D eigenvalue weighted by atomic mass is 10.4. The van der Waals surface area contributed by atoms with Crippen molar-refractivity contribution in [2.24, 2.45) is 0 Å². The molecule has 0 aliphatic rings. The van der Waals surface area contributed by atoms with Crippen LogP contribution in [0, 0.1) is 0 Å². The number of allylic oxidation sites excluding steroid dienone is 1. The Balaban J connectivity index is 0.000000218. The van der Waals surface area contributed by atoms with Gasteiger partial charge in [-0.25, -0.2) is 0 Å². The molecule has 60 valence electrons. The van der Waals surface area contributed by atoms with Gasteiger partial charge in [0.25, 0.3) is 0 Å². The Hall–Kier alpha value is -0.750. The van der Waals surface area contributed by atoms with Gasteiger partial charge in [-0.05, 0) is 26.0 Å². The first-order valence-corrected chi connectivity index (χ1v) is 3.83. The number of benzene rings is 1. The molecular weight excluding hydrogens is 156 g/mol. The Morgan fingerprint density at radius 2 is 1.55 bits per heavy atom. The summed E-state index contributed by atoms with van der Waals surface area (Å²) in [6.45, 7) is 7.50. The zero-order chi connectivity index (χ0) is 8.69. The Kier molecular flexibility index (Phi) is 5.58. The van der Waals surface area contributed by atoms with Crippen molar-refractivity contribution in [3.8, 4) is 0 Å². The molecule has 1 aromatic rings. The number of hydrogen-bond donors (Lipinski definition) is 0. The summed E-state index contributed by atoms with van der Waals surface area (Å²) in [4.78, 5) is 0. The Bertz CT molecular complexity index is 197. The second kappa shape index (κ2) is 5.99. The van der Waals surface area contributed by atoms with Crippen molar-refractivity contribution in [1.29, 1.82) is 0 Å². The van der Waals surface area contributed by atoms with Gasteiger partial charge in [-0.2, -0.15) is 0 Å². The van der Waals surface area contributed by atoms with Crippen molar-refractivity contribution in [3.05, 3.63) is 47.5 Å². The average Bonchev–Trinajstić information content (AvgIpc) is 1.87. The third-order valence-corrected chi connectivity index (χ3v) is 0.985. The Labute approximate surface area is 73.5 Å². The minimum Gasteiger partial charge on any atom is -0.100 e. The number of hydrogen-bond acceptors (Lipinski definition) is 0. The number of rotatable bonds is 0. The van der Waals surface area contributed by atoms with Gasteiger partial charge in [0.15, 0.2) is 0 Å². The summed E-state index contributed by atoms with van der Waals surface area (Å²) in [5.41, 5.74) is 1.17. The van der Waals surface area contributed by atoms with Crippen LogP contribution in [-0.4, -0.2) is 0 Å². The standard InChI is InChI=1S/C6H5Cl.C4H8/c7-6-4-2-1-3-5-6;1-4(2)3/h1-5H;1H2,2-3H3. The predicted molar refractivity (Wildman–Crippen MR) is 51.9 cm³/mol. The van der Waals surface area contributed by atoms with E-state index in [1.165, 1.54) is 5.57 Å². The summed E-state index contributed by atoms with van der Waals surface area (Å²) in [7, 11) is 0. The normalized spacial score (nSPS) is 7.91. The van der Waals surface area contributed by atoms with E-state index >= 15 is 0 Å². The molecule has 0 spiro atoms. The molecule has 1 aromatic carbocycles. The van der Waals surface area contributed by atoms with Crippen molar-refractivity contribution >= 4 is 11.6 Å². The third kappa shape index (κ3) is 9.25. The molecule has 0 fully saturated rings. The maximum atomic E-state index is 5.54. The first-order chi connectivity index (χ1) is 5.13. The minimum atomic E-state index is 0.794. The highest BCUT2D eigenvalue weighted by Crippen LogP contribution is 2.03. The quantitative estimate of drug-likeness (QED) is 0.515. The first-order valence-electron chi connectivity index (χ1n) is 3.45. The smallest absolute Gasteiger partial charge is 0.0405 e. The topological polar surface area (TPSA) is 0 Å². The lowest BCUT2D eigenvalue weighted by Crippen LogP contribution is -1.55. The largest absolute Gasteiger partial charge is 0.100 e. The van der Waals surface area contributed by atoms with Gasteiger partial charge < -0.3 is 0 Å². The predicted octanol–water partition coefficient (Wildman–Crippen LogP) is 3.92. The molecule has 0 radical (unpaired) electrons. The molecule has 0 aliphatic carbocycles. The molecule has 0 unspecified atom stereocenters. The monoisotopic (exact) mass is 168 g/mol. The van der Waals surface area contributed by atoms with Crippen LogP contribution >= 0.6 is 11.6 Å². The first kappa shape index (κ1) is 10.2. The van der Waals surface area contributed by atoms with E-state index in [4.69, 9.17) is 11.6 Å². The van der Waals surface area contributed by atoms with Crippen molar-refractivity contribution in [1.82, 2.24) is 0 Å². The van der Waals surface area contributed by atoms with Crippen LogP contribution < -0.4 is 0 Å². The van der Waals surface area contributed by atoms with Gasteiger partial charge in [-0.15, -0.1) is 6.58 Å². The van der Waals surface area contributed by atoms with Crippen LogP contribution in [0.5, 0.6) is 0 Å². The number of halogens is 1. The van der Waals surface area contributed by atoms with E-state index in [2.05, 4.69) is 6.58 Å². The lowest BCUT2D eigenvalue weighted by Gasteiger charge is -1.80. The van der Waals surface area contributed by atoms with Crippen LogP contribution in [0.4, 0.5) is 0 Å². The van der Waals surface area contributed by atoms with Crippen LogP contribution in [0.1, 0.15) is 13.8 Å². The molecule has 0 bridgehead atoms. The van der Waals surface area contributed by atoms with Crippen molar-refractivity contribution in [3.63, 3.8) is 0 Å². The molecule has 0 amide bonds. The van der Waals surface area contributed by atoms with Crippen LogP contribution in [-0.2, 0) is 0 Å². The van der Waals surface area contributed by atoms with Crippen LogP contribution in [0.2, 0.25) is 5.02 Å². The molecule has 0 N–H and O–H groups in total. The Morgan fingerprint density at radius 1 is 1.18 bits per heavy atom. The van der Waals surface area contributed by atoms with Gasteiger partial charge in [0.2, 0.25) is 0 Å². The van der Waals surface area contributed by atoms with Crippen molar-refractivity contribution in [2.75, 3.05) is 0 Å². The van der Waals surface area contributed by atoms with Gasteiger partial charge in [0.05, 0.1) is 0 Å². The van der Waals surface area contributed by atoms with Gasteiger partial charge >= 0.3 is 0 Å². The fourth-order valence-corrected chi connectivity index (χ4v) is 0.560. The molecule has 1 heteroatoms. The van der Waals surface area contributed by atoms with Crippen LogP contribution in [0.15, 0.2) is 42.5 Å². The fourth-order valence-electron chi connectivity index (χ4n) is 0.415. The fraction of sp³-hybridized carbons (Fsp3) is 0.200. The zero-order valence-corrected chi connectivity index (χ0v) is 7.73. The summed E-state index contributed by atoms with van der Waals surface area (Å²) < 4.78 is 0. The highest BCUT2D eigenvalue weighted by atomic mass is 35.5. The highest BCUT2D eigenvalue weighted by molar-refractivity contribution is 6.30. The van der Waals surface area contributed by atoms with Gasteiger partial charge in [0.1, 0.15) is 0 Å².